The number of carbonyl (C=O) groups is 2. The monoisotopic (exact) mass is 349 g/mol. The SMILES string of the molecule is CC(C)C(=O)NCCNC(=O)Nc1cccc(OC[C@H]2CCCO2)c1. The van der Waals surface area contributed by atoms with Crippen LogP contribution in [0.2, 0.25) is 0 Å². The fraction of sp³-hybridized carbons (Fsp3) is 0.556. The minimum atomic E-state index is -0.324. The van der Waals surface area contributed by atoms with E-state index in [0.29, 0.717) is 31.1 Å². The van der Waals surface area contributed by atoms with Gasteiger partial charge in [-0.1, -0.05) is 19.9 Å². The van der Waals surface area contributed by atoms with E-state index < -0.39 is 0 Å². The first-order valence-corrected chi connectivity index (χ1v) is 8.71. The molecular formula is C18H27N3O4. The average Bonchev–Trinajstić information content (AvgIpc) is 3.10. The highest BCUT2D eigenvalue weighted by molar-refractivity contribution is 5.89. The summed E-state index contributed by atoms with van der Waals surface area (Å²) in [4.78, 5) is 23.3. The quantitative estimate of drug-likeness (QED) is 0.627. The molecule has 7 heteroatoms. The number of benzene rings is 1. The molecule has 1 aliphatic heterocycles. The molecular weight excluding hydrogens is 322 g/mol. The van der Waals surface area contributed by atoms with Crippen LogP contribution in [0.4, 0.5) is 10.5 Å². The van der Waals surface area contributed by atoms with Crippen LogP contribution in [0.25, 0.3) is 0 Å². The number of hydrogen-bond acceptors (Lipinski definition) is 4. The van der Waals surface area contributed by atoms with Crippen LogP contribution < -0.4 is 20.7 Å². The summed E-state index contributed by atoms with van der Waals surface area (Å²) in [6.07, 6.45) is 2.25. The predicted molar refractivity (Wildman–Crippen MR) is 95.8 cm³/mol. The fourth-order valence-corrected chi connectivity index (χ4v) is 2.37. The lowest BCUT2D eigenvalue weighted by Gasteiger charge is -2.13. The smallest absolute Gasteiger partial charge is 0.319 e. The average molecular weight is 349 g/mol. The summed E-state index contributed by atoms with van der Waals surface area (Å²) in [5.41, 5.74) is 0.647. The number of anilines is 1. The van der Waals surface area contributed by atoms with E-state index in [1.54, 1.807) is 12.1 Å². The lowest BCUT2D eigenvalue weighted by molar-refractivity contribution is -0.123. The van der Waals surface area contributed by atoms with Crippen molar-refractivity contribution < 1.29 is 19.1 Å². The Kier molecular flexibility index (Phi) is 7.53. The summed E-state index contributed by atoms with van der Waals surface area (Å²) >= 11 is 0. The van der Waals surface area contributed by atoms with E-state index in [4.69, 9.17) is 9.47 Å². The van der Waals surface area contributed by atoms with E-state index >= 15 is 0 Å². The Morgan fingerprint density at radius 1 is 1.28 bits per heavy atom. The lowest BCUT2D eigenvalue weighted by Crippen LogP contribution is -2.38. The van der Waals surface area contributed by atoms with Crippen LogP contribution in [0.15, 0.2) is 24.3 Å². The highest BCUT2D eigenvalue weighted by Crippen LogP contribution is 2.19. The molecule has 0 aromatic heterocycles. The van der Waals surface area contributed by atoms with Gasteiger partial charge >= 0.3 is 6.03 Å². The zero-order valence-electron chi connectivity index (χ0n) is 14.8. The zero-order chi connectivity index (χ0) is 18.1. The molecule has 2 rings (SSSR count). The Morgan fingerprint density at radius 2 is 2.08 bits per heavy atom. The second-order valence-corrected chi connectivity index (χ2v) is 6.30. The summed E-state index contributed by atoms with van der Waals surface area (Å²) in [5, 5.41) is 8.18. The second-order valence-electron chi connectivity index (χ2n) is 6.30. The Labute approximate surface area is 148 Å². The van der Waals surface area contributed by atoms with Crippen LogP contribution in [0.1, 0.15) is 26.7 Å². The number of carbonyl (C=O) groups excluding carboxylic acids is 2. The van der Waals surface area contributed by atoms with Gasteiger partial charge in [0.2, 0.25) is 5.91 Å². The van der Waals surface area contributed by atoms with E-state index in [0.717, 1.165) is 19.4 Å². The minimum absolute atomic E-state index is 0.0294. The van der Waals surface area contributed by atoms with Gasteiger partial charge in [-0.2, -0.15) is 0 Å². The van der Waals surface area contributed by atoms with Crippen molar-refractivity contribution in [3.63, 3.8) is 0 Å². The molecule has 0 radical (unpaired) electrons. The molecule has 25 heavy (non-hydrogen) atoms. The number of nitrogens with one attached hydrogen (secondary N) is 3. The van der Waals surface area contributed by atoms with Crippen molar-refractivity contribution in [1.29, 1.82) is 0 Å². The largest absolute Gasteiger partial charge is 0.491 e. The van der Waals surface area contributed by atoms with Crippen LogP contribution in [0.3, 0.4) is 0 Å². The van der Waals surface area contributed by atoms with E-state index in [-0.39, 0.29) is 24.0 Å². The molecule has 3 amide bonds. The summed E-state index contributed by atoms with van der Waals surface area (Å²) in [7, 11) is 0. The number of hydrogen-bond donors (Lipinski definition) is 3. The van der Waals surface area contributed by atoms with Crippen molar-refractivity contribution in [2.24, 2.45) is 5.92 Å². The number of rotatable bonds is 8. The highest BCUT2D eigenvalue weighted by Gasteiger charge is 2.16. The molecule has 1 fully saturated rings. The van der Waals surface area contributed by atoms with Crippen LogP contribution in [-0.2, 0) is 9.53 Å². The van der Waals surface area contributed by atoms with Gasteiger partial charge in [-0.25, -0.2) is 4.79 Å². The molecule has 0 saturated carbocycles. The van der Waals surface area contributed by atoms with Crippen molar-refractivity contribution in [3.05, 3.63) is 24.3 Å². The molecule has 3 N–H and O–H groups in total. The van der Waals surface area contributed by atoms with Crippen molar-refractivity contribution in [3.8, 4) is 5.75 Å². The highest BCUT2D eigenvalue weighted by atomic mass is 16.5. The fourth-order valence-electron chi connectivity index (χ4n) is 2.37. The number of urea groups is 1. The first kappa shape index (κ1) is 19.1. The summed E-state index contributed by atoms with van der Waals surface area (Å²) in [5.74, 6) is 0.599. The third-order valence-corrected chi connectivity index (χ3v) is 3.79. The van der Waals surface area contributed by atoms with Crippen LogP contribution in [0, 0.1) is 5.92 Å². The molecule has 1 aromatic carbocycles. The Bertz CT molecular complexity index is 571. The van der Waals surface area contributed by atoms with Crippen molar-refractivity contribution in [2.75, 3.05) is 31.6 Å². The van der Waals surface area contributed by atoms with Crippen LogP contribution >= 0.6 is 0 Å². The molecule has 1 heterocycles. The van der Waals surface area contributed by atoms with Gasteiger partial charge in [-0.15, -0.1) is 0 Å². The topological polar surface area (TPSA) is 88.7 Å². The van der Waals surface area contributed by atoms with Gasteiger partial charge in [0.15, 0.2) is 0 Å². The van der Waals surface area contributed by atoms with E-state index in [9.17, 15) is 9.59 Å². The number of ether oxygens (including phenoxy) is 2. The van der Waals surface area contributed by atoms with Gasteiger partial charge in [-0.3, -0.25) is 4.79 Å². The van der Waals surface area contributed by atoms with E-state index in [1.165, 1.54) is 0 Å². The number of amides is 3. The van der Waals surface area contributed by atoms with Gasteiger partial charge in [-0.05, 0) is 25.0 Å². The zero-order valence-corrected chi connectivity index (χ0v) is 14.8. The molecule has 1 saturated heterocycles. The Hall–Kier alpha value is -2.28. The molecule has 0 unspecified atom stereocenters. The molecule has 138 valence electrons. The van der Waals surface area contributed by atoms with Crippen LogP contribution in [-0.4, -0.2) is 44.3 Å². The molecule has 1 aliphatic rings. The van der Waals surface area contributed by atoms with E-state index in [2.05, 4.69) is 16.0 Å². The van der Waals surface area contributed by atoms with Gasteiger partial charge in [0.25, 0.3) is 0 Å². The first-order chi connectivity index (χ1) is 12.0. The molecule has 1 atom stereocenters. The molecule has 0 bridgehead atoms. The Morgan fingerprint density at radius 3 is 2.80 bits per heavy atom. The van der Waals surface area contributed by atoms with Crippen LogP contribution in [0.5, 0.6) is 5.75 Å². The lowest BCUT2D eigenvalue weighted by atomic mass is 10.2. The van der Waals surface area contributed by atoms with Gasteiger partial charge in [0.1, 0.15) is 12.4 Å². The van der Waals surface area contributed by atoms with E-state index in [1.807, 2.05) is 26.0 Å². The molecule has 7 nitrogen and oxygen atoms in total. The summed E-state index contributed by atoms with van der Waals surface area (Å²) in [6, 6.07) is 6.91. The maximum atomic E-state index is 11.9. The van der Waals surface area contributed by atoms with Gasteiger partial charge in [0, 0.05) is 37.4 Å². The summed E-state index contributed by atoms with van der Waals surface area (Å²) < 4.78 is 11.2. The maximum absolute atomic E-state index is 11.9. The third-order valence-electron chi connectivity index (χ3n) is 3.79. The maximum Gasteiger partial charge on any atom is 0.319 e. The molecule has 0 aliphatic carbocycles. The van der Waals surface area contributed by atoms with Crippen molar-refractivity contribution in [1.82, 2.24) is 10.6 Å². The van der Waals surface area contributed by atoms with Crippen molar-refractivity contribution >= 4 is 17.6 Å². The molecule has 0 spiro atoms. The van der Waals surface area contributed by atoms with Gasteiger partial charge < -0.3 is 25.4 Å². The standard InChI is InChI=1S/C18H27N3O4/c1-13(2)17(22)19-8-9-20-18(23)21-14-5-3-6-15(11-14)25-12-16-7-4-10-24-16/h3,5-6,11,13,16H,4,7-10,12H2,1-2H3,(H,19,22)(H2,20,21,23)/t16-/m1/s1. The summed E-state index contributed by atoms with van der Waals surface area (Å²) in [6.45, 7) is 5.72. The molecule has 1 aromatic rings. The Balaban J connectivity index is 1.69. The third kappa shape index (κ3) is 7.01. The first-order valence-electron chi connectivity index (χ1n) is 8.71. The van der Waals surface area contributed by atoms with Gasteiger partial charge in [0.05, 0.1) is 6.10 Å². The second kappa shape index (κ2) is 9.88. The van der Waals surface area contributed by atoms with Crippen molar-refractivity contribution in [2.45, 2.75) is 32.8 Å². The minimum Gasteiger partial charge on any atom is -0.491 e. The predicted octanol–water partition coefficient (Wildman–Crippen LogP) is 2.14. The normalized spacial score (nSPS) is 16.5.